The molecular weight excluding hydrogens is 258 g/mol. The summed E-state index contributed by atoms with van der Waals surface area (Å²) in [4.78, 5) is 27.4. The number of ketones is 1. The molecule has 0 aliphatic heterocycles. The molecule has 5 heteroatoms. The molecule has 1 aromatic heterocycles. The topological polar surface area (TPSA) is 65.5 Å². The van der Waals surface area contributed by atoms with Crippen molar-refractivity contribution >= 4 is 12.1 Å². The number of pyridine rings is 1. The molecule has 0 aliphatic rings. The van der Waals surface area contributed by atoms with Crippen LogP contribution in [0.4, 0.5) is 0 Å². The van der Waals surface area contributed by atoms with Crippen LogP contribution in [-0.4, -0.2) is 31.3 Å². The van der Waals surface area contributed by atoms with Crippen molar-refractivity contribution in [3.8, 4) is 11.5 Å². The molecule has 0 radical (unpaired) electrons. The molecule has 0 atom stereocenters. The zero-order valence-corrected chi connectivity index (χ0v) is 11.1. The van der Waals surface area contributed by atoms with Crippen LogP contribution in [-0.2, 0) is 0 Å². The maximum atomic E-state index is 12.4. The van der Waals surface area contributed by atoms with E-state index in [9.17, 15) is 9.59 Å². The summed E-state index contributed by atoms with van der Waals surface area (Å²) < 4.78 is 10.3. The Kier molecular flexibility index (Phi) is 4.10. The van der Waals surface area contributed by atoms with E-state index in [-0.39, 0.29) is 16.9 Å². The number of hydrogen-bond donors (Lipinski definition) is 0. The molecule has 0 unspecified atom stereocenters. The molecule has 0 N–H and O–H groups in total. The fourth-order valence-corrected chi connectivity index (χ4v) is 1.85. The molecule has 0 spiro atoms. The standard InChI is InChI=1S/C15H13NO4/c1-19-13-7-11(9-17)12(8-14(13)20-2)15(18)10-3-5-16-6-4-10/h3-9H,1-2H3. The number of hydrogen-bond acceptors (Lipinski definition) is 5. The number of nitrogens with zero attached hydrogens (tertiary/aromatic N) is 1. The fraction of sp³-hybridized carbons (Fsp3) is 0.133. The second-order valence-electron chi connectivity index (χ2n) is 3.98. The van der Waals surface area contributed by atoms with E-state index < -0.39 is 0 Å². The lowest BCUT2D eigenvalue weighted by atomic mass is 9.99. The van der Waals surface area contributed by atoms with Crippen LogP contribution in [0.15, 0.2) is 36.7 Å². The van der Waals surface area contributed by atoms with Crippen LogP contribution in [0.2, 0.25) is 0 Å². The van der Waals surface area contributed by atoms with Gasteiger partial charge in [0.25, 0.3) is 0 Å². The predicted molar refractivity (Wildman–Crippen MR) is 72.6 cm³/mol. The van der Waals surface area contributed by atoms with Crippen LogP contribution < -0.4 is 9.47 Å². The Morgan fingerprint density at radius 2 is 1.70 bits per heavy atom. The Morgan fingerprint density at radius 1 is 1.10 bits per heavy atom. The summed E-state index contributed by atoms with van der Waals surface area (Å²) in [5, 5.41) is 0. The first kappa shape index (κ1) is 13.7. The van der Waals surface area contributed by atoms with Crippen molar-refractivity contribution in [2.45, 2.75) is 0 Å². The normalized spacial score (nSPS) is 9.90. The Balaban J connectivity index is 2.55. The predicted octanol–water partition coefficient (Wildman–Crippen LogP) is 2.14. The maximum absolute atomic E-state index is 12.4. The molecule has 102 valence electrons. The summed E-state index contributed by atoms with van der Waals surface area (Å²) in [5.41, 5.74) is 0.976. The fourth-order valence-electron chi connectivity index (χ4n) is 1.85. The van der Waals surface area contributed by atoms with Crippen LogP contribution in [0.1, 0.15) is 26.3 Å². The van der Waals surface area contributed by atoms with E-state index >= 15 is 0 Å². The third kappa shape index (κ3) is 2.51. The van der Waals surface area contributed by atoms with Gasteiger partial charge in [-0.15, -0.1) is 0 Å². The molecule has 0 aliphatic carbocycles. The number of ether oxygens (including phenoxy) is 2. The highest BCUT2D eigenvalue weighted by Crippen LogP contribution is 2.30. The van der Waals surface area contributed by atoms with Gasteiger partial charge in [0, 0.05) is 29.1 Å². The number of carbonyl (C=O) groups is 2. The average Bonchev–Trinajstić information content (AvgIpc) is 2.53. The van der Waals surface area contributed by atoms with Gasteiger partial charge in [0.15, 0.2) is 23.6 Å². The van der Waals surface area contributed by atoms with Crippen molar-refractivity contribution in [3.63, 3.8) is 0 Å². The third-order valence-corrected chi connectivity index (χ3v) is 2.87. The Morgan fingerprint density at radius 3 is 2.25 bits per heavy atom. The number of benzene rings is 1. The molecule has 20 heavy (non-hydrogen) atoms. The first-order valence-corrected chi connectivity index (χ1v) is 5.87. The van der Waals surface area contributed by atoms with Crippen molar-refractivity contribution < 1.29 is 19.1 Å². The van der Waals surface area contributed by atoms with Crippen molar-refractivity contribution in [3.05, 3.63) is 53.3 Å². The molecule has 0 saturated carbocycles. The molecule has 1 aromatic carbocycles. The summed E-state index contributed by atoms with van der Waals surface area (Å²) >= 11 is 0. The van der Waals surface area contributed by atoms with Crippen molar-refractivity contribution in [1.29, 1.82) is 0 Å². The zero-order valence-electron chi connectivity index (χ0n) is 11.1. The molecule has 5 nitrogen and oxygen atoms in total. The summed E-state index contributed by atoms with van der Waals surface area (Å²) in [5.74, 6) is 0.534. The van der Waals surface area contributed by atoms with Gasteiger partial charge < -0.3 is 9.47 Å². The quantitative estimate of drug-likeness (QED) is 0.615. The van der Waals surface area contributed by atoms with Crippen molar-refractivity contribution in [1.82, 2.24) is 4.98 Å². The smallest absolute Gasteiger partial charge is 0.193 e. The Labute approximate surface area is 116 Å². The number of carbonyl (C=O) groups excluding carboxylic acids is 2. The van der Waals surface area contributed by atoms with Gasteiger partial charge in [-0.3, -0.25) is 14.6 Å². The zero-order chi connectivity index (χ0) is 14.5. The first-order chi connectivity index (χ1) is 9.71. The summed E-state index contributed by atoms with van der Waals surface area (Å²) in [7, 11) is 2.94. The van der Waals surface area contributed by atoms with E-state index in [2.05, 4.69) is 4.98 Å². The summed E-state index contributed by atoms with van der Waals surface area (Å²) in [6, 6.07) is 6.17. The minimum absolute atomic E-state index is 0.254. The summed E-state index contributed by atoms with van der Waals surface area (Å²) in [6.45, 7) is 0. The van der Waals surface area contributed by atoms with Gasteiger partial charge in [0.1, 0.15) is 0 Å². The average molecular weight is 271 g/mol. The summed E-state index contributed by atoms with van der Waals surface area (Å²) in [6.07, 6.45) is 3.67. The van der Waals surface area contributed by atoms with Crippen LogP contribution in [0, 0.1) is 0 Å². The largest absolute Gasteiger partial charge is 0.493 e. The molecule has 2 rings (SSSR count). The molecule has 1 heterocycles. The third-order valence-electron chi connectivity index (χ3n) is 2.87. The molecule has 2 aromatic rings. The lowest BCUT2D eigenvalue weighted by Crippen LogP contribution is -2.06. The lowest BCUT2D eigenvalue weighted by molar-refractivity contribution is 0.102. The van der Waals surface area contributed by atoms with Crippen LogP contribution >= 0.6 is 0 Å². The van der Waals surface area contributed by atoms with Crippen molar-refractivity contribution in [2.75, 3.05) is 14.2 Å². The second kappa shape index (κ2) is 5.97. The Bertz CT molecular complexity index is 638. The van der Waals surface area contributed by atoms with Crippen molar-refractivity contribution in [2.24, 2.45) is 0 Å². The highest BCUT2D eigenvalue weighted by Gasteiger charge is 2.17. The van der Waals surface area contributed by atoms with E-state index in [1.165, 1.54) is 38.7 Å². The highest BCUT2D eigenvalue weighted by atomic mass is 16.5. The maximum Gasteiger partial charge on any atom is 0.193 e. The van der Waals surface area contributed by atoms with Gasteiger partial charge in [-0.2, -0.15) is 0 Å². The highest BCUT2D eigenvalue weighted by molar-refractivity contribution is 6.13. The molecule has 0 amide bonds. The lowest BCUT2D eigenvalue weighted by Gasteiger charge is -2.11. The number of rotatable bonds is 5. The van der Waals surface area contributed by atoms with Gasteiger partial charge in [-0.05, 0) is 24.3 Å². The molecule has 0 fully saturated rings. The number of aromatic nitrogens is 1. The Hall–Kier alpha value is -2.69. The van der Waals surface area contributed by atoms with Gasteiger partial charge in [-0.25, -0.2) is 0 Å². The number of aldehydes is 1. The molecule has 0 saturated heterocycles. The minimum atomic E-state index is -0.268. The van der Waals surface area contributed by atoms with Crippen LogP contribution in [0.5, 0.6) is 11.5 Å². The van der Waals surface area contributed by atoms with Crippen LogP contribution in [0.25, 0.3) is 0 Å². The van der Waals surface area contributed by atoms with E-state index in [0.717, 1.165) is 0 Å². The number of methoxy groups -OCH3 is 2. The van der Waals surface area contributed by atoms with E-state index in [1.54, 1.807) is 12.1 Å². The monoisotopic (exact) mass is 271 g/mol. The minimum Gasteiger partial charge on any atom is -0.493 e. The van der Waals surface area contributed by atoms with Gasteiger partial charge in [0.2, 0.25) is 0 Å². The van der Waals surface area contributed by atoms with Crippen LogP contribution in [0.3, 0.4) is 0 Å². The molecular formula is C15H13NO4. The first-order valence-electron chi connectivity index (χ1n) is 5.87. The van der Waals surface area contributed by atoms with Gasteiger partial charge in [0.05, 0.1) is 14.2 Å². The molecule has 0 bridgehead atoms. The van der Waals surface area contributed by atoms with Gasteiger partial charge >= 0.3 is 0 Å². The van der Waals surface area contributed by atoms with E-state index in [4.69, 9.17) is 9.47 Å². The van der Waals surface area contributed by atoms with E-state index in [0.29, 0.717) is 23.3 Å². The van der Waals surface area contributed by atoms with E-state index in [1.807, 2.05) is 0 Å². The second-order valence-corrected chi connectivity index (χ2v) is 3.98. The SMILES string of the molecule is COc1cc(C=O)c(C(=O)c2ccncc2)cc1OC. The van der Waals surface area contributed by atoms with Gasteiger partial charge in [-0.1, -0.05) is 0 Å².